The molecule has 1 amide bonds. The first-order valence-corrected chi connectivity index (χ1v) is 8.30. The molecule has 0 aromatic heterocycles. The molecule has 3 nitrogen and oxygen atoms in total. The first-order chi connectivity index (χ1) is 12.0. The number of anilines is 1. The molecule has 0 unspecified atom stereocenters. The zero-order chi connectivity index (χ0) is 17.9. The van der Waals surface area contributed by atoms with Crippen LogP contribution < -0.4 is 5.32 Å². The number of carbonyl (C=O) groups is 1. The van der Waals surface area contributed by atoms with Gasteiger partial charge < -0.3 is 10.4 Å². The molecule has 0 atom stereocenters. The Balaban J connectivity index is 2.04. The molecule has 0 aliphatic carbocycles. The van der Waals surface area contributed by atoms with Gasteiger partial charge in [0.2, 0.25) is 0 Å². The van der Waals surface area contributed by atoms with E-state index in [-0.39, 0.29) is 0 Å². The molecule has 0 aliphatic rings. The largest absolute Gasteiger partial charge is 0.372 e. The summed E-state index contributed by atoms with van der Waals surface area (Å²) in [7, 11) is 0. The van der Waals surface area contributed by atoms with E-state index in [2.05, 4.69) is 5.32 Å². The topological polar surface area (TPSA) is 49.3 Å². The van der Waals surface area contributed by atoms with Crippen LogP contribution in [0.4, 0.5) is 5.69 Å². The van der Waals surface area contributed by atoms with Gasteiger partial charge in [-0.1, -0.05) is 72.3 Å². The second-order valence-electron chi connectivity index (χ2n) is 5.86. The highest BCUT2D eigenvalue weighted by atomic mass is 35.5. The molecule has 0 bridgehead atoms. The Hall–Kier alpha value is -2.62. The Kier molecular flexibility index (Phi) is 4.88. The van der Waals surface area contributed by atoms with Gasteiger partial charge in [-0.25, -0.2) is 0 Å². The maximum Gasteiger partial charge on any atom is 0.265 e. The average Bonchev–Trinajstić information content (AvgIpc) is 2.64. The third-order valence-corrected chi connectivity index (χ3v) is 4.38. The van der Waals surface area contributed by atoms with Crippen molar-refractivity contribution in [1.29, 1.82) is 0 Å². The van der Waals surface area contributed by atoms with Crippen LogP contribution in [0, 0.1) is 6.92 Å². The monoisotopic (exact) mass is 351 g/mol. The Labute approximate surface area is 151 Å². The van der Waals surface area contributed by atoms with Crippen molar-refractivity contribution in [2.24, 2.45) is 0 Å². The van der Waals surface area contributed by atoms with Crippen molar-refractivity contribution in [1.82, 2.24) is 0 Å². The first kappa shape index (κ1) is 17.2. The molecule has 4 heteroatoms. The van der Waals surface area contributed by atoms with E-state index in [4.69, 9.17) is 11.6 Å². The lowest BCUT2D eigenvalue weighted by Crippen LogP contribution is -2.41. The van der Waals surface area contributed by atoms with Crippen LogP contribution in [0.1, 0.15) is 16.7 Å². The number of halogens is 1. The molecular weight excluding hydrogens is 334 g/mol. The molecule has 0 saturated heterocycles. The third-order valence-electron chi connectivity index (χ3n) is 4.15. The van der Waals surface area contributed by atoms with Crippen LogP contribution in [-0.4, -0.2) is 11.0 Å². The van der Waals surface area contributed by atoms with Crippen LogP contribution >= 0.6 is 11.6 Å². The van der Waals surface area contributed by atoms with E-state index in [0.29, 0.717) is 21.8 Å². The Morgan fingerprint density at radius 1 is 0.920 bits per heavy atom. The van der Waals surface area contributed by atoms with E-state index in [1.807, 2.05) is 19.1 Å². The summed E-state index contributed by atoms with van der Waals surface area (Å²) in [4.78, 5) is 13.1. The van der Waals surface area contributed by atoms with Gasteiger partial charge in [0.15, 0.2) is 5.60 Å². The third kappa shape index (κ3) is 3.43. The van der Waals surface area contributed by atoms with Crippen molar-refractivity contribution >= 4 is 23.2 Å². The highest BCUT2D eigenvalue weighted by Crippen LogP contribution is 2.32. The van der Waals surface area contributed by atoms with E-state index < -0.39 is 11.5 Å². The predicted molar refractivity (Wildman–Crippen MR) is 101 cm³/mol. The molecule has 3 rings (SSSR count). The van der Waals surface area contributed by atoms with E-state index in [1.165, 1.54) is 0 Å². The Morgan fingerprint density at radius 2 is 1.44 bits per heavy atom. The van der Waals surface area contributed by atoms with Crippen LogP contribution in [0.15, 0.2) is 78.9 Å². The number of aryl methyl sites for hydroxylation is 1. The summed E-state index contributed by atoms with van der Waals surface area (Å²) in [5.41, 5.74) is 0.647. The van der Waals surface area contributed by atoms with Gasteiger partial charge >= 0.3 is 0 Å². The minimum absolute atomic E-state index is 0.505. The number of aliphatic hydroxyl groups is 1. The maximum absolute atomic E-state index is 13.1. The number of carbonyl (C=O) groups excluding carboxylic acids is 1. The summed E-state index contributed by atoms with van der Waals surface area (Å²) in [5.74, 6) is -0.518. The van der Waals surface area contributed by atoms with Crippen LogP contribution in [0.5, 0.6) is 0 Å². The standard InChI is InChI=1S/C21H18ClNO2/c1-15-14-18(22)12-13-19(15)23-20(24)21(25,16-8-4-2-5-9-16)17-10-6-3-7-11-17/h2-14,25H,1H3,(H,23,24). The lowest BCUT2D eigenvalue weighted by molar-refractivity contribution is -0.131. The van der Waals surface area contributed by atoms with Crippen LogP contribution in [0.3, 0.4) is 0 Å². The highest BCUT2D eigenvalue weighted by Gasteiger charge is 2.40. The quantitative estimate of drug-likeness (QED) is 0.725. The summed E-state index contributed by atoms with van der Waals surface area (Å²) in [6.07, 6.45) is 0. The first-order valence-electron chi connectivity index (χ1n) is 7.93. The molecule has 0 aliphatic heterocycles. The summed E-state index contributed by atoms with van der Waals surface area (Å²) < 4.78 is 0. The van der Waals surface area contributed by atoms with Crippen LogP contribution in [0.25, 0.3) is 0 Å². The SMILES string of the molecule is Cc1cc(Cl)ccc1NC(=O)C(O)(c1ccccc1)c1ccccc1. The van der Waals surface area contributed by atoms with E-state index in [1.54, 1.807) is 66.7 Å². The highest BCUT2D eigenvalue weighted by molar-refractivity contribution is 6.30. The molecule has 2 N–H and O–H groups in total. The minimum Gasteiger partial charge on any atom is -0.372 e. The molecule has 3 aromatic rings. The number of hydrogen-bond donors (Lipinski definition) is 2. The molecule has 126 valence electrons. The summed E-state index contributed by atoms with van der Waals surface area (Å²) in [6, 6.07) is 23.0. The predicted octanol–water partition coefficient (Wildman–Crippen LogP) is 4.52. The molecule has 0 fully saturated rings. The summed E-state index contributed by atoms with van der Waals surface area (Å²) in [6.45, 7) is 1.85. The fraction of sp³-hybridized carbons (Fsp3) is 0.0952. The molecule has 0 spiro atoms. The van der Waals surface area contributed by atoms with Crippen LogP contribution in [0.2, 0.25) is 5.02 Å². The second kappa shape index (κ2) is 7.09. The molecule has 3 aromatic carbocycles. The van der Waals surface area contributed by atoms with Crippen molar-refractivity contribution in [3.05, 3.63) is 101 Å². The van der Waals surface area contributed by atoms with Gasteiger partial charge in [0.05, 0.1) is 0 Å². The van der Waals surface area contributed by atoms with E-state index in [9.17, 15) is 9.90 Å². The second-order valence-corrected chi connectivity index (χ2v) is 6.29. The fourth-order valence-electron chi connectivity index (χ4n) is 2.77. The normalized spacial score (nSPS) is 11.2. The van der Waals surface area contributed by atoms with E-state index >= 15 is 0 Å². The zero-order valence-electron chi connectivity index (χ0n) is 13.7. The van der Waals surface area contributed by atoms with Gasteiger partial charge in [-0.2, -0.15) is 0 Å². The van der Waals surface area contributed by atoms with Gasteiger partial charge in [-0.05, 0) is 41.8 Å². The molecule has 0 heterocycles. The van der Waals surface area contributed by atoms with Gasteiger partial charge in [-0.3, -0.25) is 4.79 Å². The minimum atomic E-state index is -1.80. The van der Waals surface area contributed by atoms with Gasteiger partial charge in [-0.15, -0.1) is 0 Å². The molecular formula is C21H18ClNO2. The Morgan fingerprint density at radius 3 is 1.92 bits per heavy atom. The summed E-state index contributed by atoms with van der Waals surface area (Å²) in [5, 5.41) is 14.8. The smallest absolute Gasteiger partial charge is 0.265 e. The summed E-state index contributed by atoms with van der Waals surface area (Å²) >= 11 is 5.97. The van der Waals surface area contributed by atoms with Gasteiger partial charge in [0.25, 0.3) is 5.91 Å². The van der Waals surface area contributed by atoms with Gasteiger partial charge in [0, 0.05) is 10.7 Å². The lowest BCUT2D eigenvalue weighted by atomic mass is 9.85. The number of hydrogen-bond acceptors (Lipinski definition) is 2. The van der Waals surface area contributed by atoms with Crippen molar-refractivity contribution in [3.8, 4) is 0 Å². The average molecular weight is 352 g/mol. The van der Waals surface area contributed by atoms with Crippen molar-refractivity contribution in [2.75, 3.05) is 5.32 Å². The van der Waals surface area contributed by atoms with Crippen LogP contribution in [-0.2, 0) is 10.4 Å². The maximum atomic E-state index is 13.1. The fourth-order valence-corrected chi connectivity index (χ4v) is 2.99. The Bertz CT molecular complexity index is 839. The molecule has 0 radical (unpaired) electrons. The van der Waals surface area contributed by atoms with E-state index in [0.717, 1.165) is 5.56 Å². The number of amides is 1. The van der Waals surface area contributed by atoms with Gasteiger partial charge in [0.1, 0.15) is 0 Å². The van der Waals surface area contributed by atoms with Crippen molar-refractivity contribution in [2.45, 2.75) is 12.5 Å². The number of nitrogens with one attached hydrogen (secondary N) is 1. The number of benzene rings is 3. The van der Waals surface area contributed by atoms with Crippen molar-refractivity contribution in [3.63, 3.8) is 0 Å². The lowest BCUT2D eigenvalue weighted by Gasteiger charge is -2.28. The van der Waals surface area contributed by atoms with Crippen molar-refractivity contribution < 1.29 is 9.90 Å². The molecule has 25 heavy (non-hydrogen) atoms. The number of rotatable bonds is 4. The zero-order valence-corrected chi connectivity index (χ0v) is 14.5. The molecule has 0 saturated carbocycles.